The predicted octanol–water partition coefficient (Wildman–Crippen LogP) is 2.16. The third-order valence-corrected chi connectivity index (χ3v) is 3.06. The molecule has 6 heteroatoms. The average molecular weight is 254 g/mol. The molecule has 0 amide bonds. The molecule has 0 aliphatic rings. The lowest BCUT2D eigenvalue weighted by molar-refractivity contribution is -0.138. The van der Waals surface area contributed by atoms with Crippen LogP contribution >= 0.6 is 11.8 Å². The summed E-state index contributed by atoms with van der Waals surface area (Å²) in [4.78, 5) is 21.8. The Kier molecular flexibility index (Phi) is 5.48. The van der Waals surface area contributed by atoms with E-state index in [4.69, 9.17) is 5.11 Å². The van der Waals surface area contributed by atoms with Crippen LogP contribution in [0, 0.1) is 11.8 Å². The van der Waals surface area contributed by atoms with E-state index in [2.05, 4.69) is 5.29 Å². The minimum absolute atomic E-state index is 0.328. The van der Waals surface area contributed by atoms with E-state index in [1.54, 1.807) is 11.8 Å². The third kappa shape index (κ3) is 5.35. The summed E-state index contributed by atoms with van der Waals surface area (Å²) in [7, 11) is 0. The first kappa shape index (κ1) is 13.5. The molecule has 92 valence electrons. The van der Waals surface area contributed by atoms with Crippen molar-refractivity contribution in [2.24, 2.45) is 5.29 Å². The largest absolute Gasteiger partial charge is 0.480 e. The number of hydrogen-bond acceptors (Lipinski definition) is 4. The second-order valence-corrected chi connectivity index (χ2v) is 4.69. The van der Waals surface area contributed by atoms with Crippen LogP contribution in [-0.2, 0) is 4.79 Å². The summed E-state index contributed by atoms with van der Waals surface area (Å²) in [6.45, 7) is 1.99. The molecule has 17 heavy (non-hydrogen) atoms. The minimum atomic E-state index is -1.05. The van der Waals surface area contributed by atoms with Gasteiger partial charge in [-0.25, -0.2) is 5.01 Å². The van der Waals surface area contributed by atoms with Crippen LogP contribution < -0.4 is 0 Å². The summed E-state index contributed by atoms with van der Waals surface area (Å²) < 4.78 is 0. The first-order valence-electron chi connectivity index (χ1n) is 5.11. The average Bonchev–Trinajstić information content (AvgIpc) is 2.30. The summed E-state index contributed by atoms with van der Waals surface area (Å²) in [5.41, 5.74) is 1.19. The number of benzene rings is 1. The molecule has 1 aromatic rings. The van der Waals surface area contributed by atoms with Gasteiger partial charge in [-0.3, -0.25) is 4.79 Å². The maximum absolute atomic E-state index is 10.4. The fraction of sp³-hybridized carbons (Fsp3) is 0.364. The number of carboxylic acid groups (broad SMARTS) is 1. The van der Waals surface area contributed by atoms with E-state index >= 15 is 0 Å². The van der Waals surface area contributed by atoms with Crippen LogP contribution in [0.3, 0.4) is 0 Å². The van der Waals surface area contributed by atoms with Crippen LogP contribution in [-0.4, -0.2) is 34.9 Å². The highest BCUT2D eigenvalue weighted by atomic mass is 32.2. The van der Waals surface area contributed by atoms with Crippen molar-refractivity contribution in [2.45, 2.75) is 11.8 Å². The van der Waals surface area contributed by atoms with Gasteiger partial charge in [0.05, 0.1) is 5.29 Å². The zero-order valence-electron chi connectivity index (χ0n) is 9.50. The fourth-order valence-electron chi connectivity index (χ4n) is 1.21. The fourth-order valence-corrected chi connectivity index (χ4v) is 2.07. The Bertz CT molecular complexity index is 381. The molecule has 0 aliphatic carbocycles. The predicted molar refractivity (Wildman–Crippen MR) is 66.9 cm³/mol. The van der Waals surface area contributed by atoms with E-state index in [0.717, 1.165) is 9.90 Å². The number of hydrogen-bond donors (Lipinski definition) is 1. The summed E-state index contributed by atoms with van der Waals surface area (Å²) in [5.74, 6) is -0.424. The molecule has 1 N–H and O–H groups in total. The maximum atomic E-state index is 10.4. The smallest absolute Gasteiger partial charge is 0.324 e. The highest BCUT2D eigenvalue weighted by Gasteiger charge is 2.07. The molecule has 5 nitrogen and oxygen atoms in total. The molecule has 1 rings (SSSR count). The van der Waals surface area contributed by atoms with Crippen LogP contribution in [0.5, 0.6) is 0 Å². The zero-order chi connectivity index (χ0) is 12.7. The van der Waals surface area contributed by atoms with Crippen molar-refractivity contribution in [1.82, 2.24) is 5.01 Å². The molecule has 0 saturated heterocycles. The van der Waals surface area contributed by atoms with Gasteiger partial charge in [-0.15, -0.1) is 16.7 Å². The molecule has 0 radical (unpaired) electrons. The Morgan fingerprint density at radius 3 is 2.59 bits per heavy atom. The van der Waals surface area contributed by atoms with Crippen LogP contribution in [0.15, 0.2) is 34.4 Å². The molecule has 0 fully saturated rings. The van der Waals surface area contributed by atoms with E-state index in [1.807, 2.05) is 31.2 Å². The van der Waals surface area contributed by atoms with E-state index in [9.17, 15) is 9.70 Å². The molecule has 0 bridgehead atoms. The van der Waals surface area contributed by atoms with Crippen molar-refractivity contribution in [3.63, 3.8) is 0 Å². The number of rotatable bonds is 7. The summed E-state index contributed by atoms with van der Waals surface area (Å²) in [6, 6.07) is 8.01. The summed E-state index contributed by atoms with van der Waals surface area (Å²) in [6.07, 6.45) is 0. The van der Waals surface area contributed by atoms with E-state index in [1.165, 1.54) is 5.56 Å². The Morgan fingerprint density at radius 2 is 2.06 bits per heavy atom. The topological polar surface area (TPSA) is 70.0 Å². The van der Waals surface area contributed by atoms with Gasteiger partial charge in [0.2, 0.25) is 0 Å². The Morgan fingerprint density at radius 1 is 1.41 bits per heavy atom. The third-order valence-electron chi connectivity index (χ3n) is 2.07. The molecule has 0 unspecified atom stereocenters. The second kappa shape index (κ2) is 6.90. The first-order chi connectivity index (χ1) is 8.11. The Balaban J connectivity index is 2.33. The monoisotopic (exact) mass is 254 g/mol. The van der Waals surface area contributed by atoms with Crippen molar-refractivity contribution in [3.8, 4) is 0 Å². The first-order valence-corrected chi connectivity index (χ1v) is 6.10. The van der Waals surface area contributed by atoms with Gasteiger partial charge in [0.1, 0.15) is 6.54 Å². The van der Waals surface area contributed by atoms with Gasteiger partial charge in [0.25, 0.3) is 0 Å². The van der Waals surface area contributed by atoms with E-state index in [-0.39, 0.29) is 6.54 Å². The van der Waals surface area contributed by atoms with Crippen LogP contribution in [0.2, 0.25) is 0 Å². The van der Waals surface area contributed by atoms with Gasteiger partial charge in [-0.05, 0) is 19.1 Å². The molecule has 0 heterocycles. The quantitative estimate of drug-likeness (QED) is 0.458. The molecule has 0 aliphatic heterocycles. The highest BCUT2D eigenvalue weighted by Crippen LogP contribution is 2.18. The van der Waals surface area contributed by atoms with Crippen molar-refractivity contribution in [3.05, 3.63) is 34.7 Å². The number of thioether (sulfide) groups is 1. The summed E-state index contributed by atoms with van der Waals surface area (Å²) in [5, 5.41) is 12.2. The Hall–Kier alpha value is -1.56. The van der Waals surface area contributed by atoms with Crippen LogP contribution in [0.1, 0.15) is 5.56 Å². The van der Waals surface area contributed by atoms with Crippen molar-refractivity contribution in [1.29, 1.82) is 0 Å². The minimum Gasteiger partial charge on any atom is -0.480 e. The van der Waals surface area contributed by atoms with Crippen molar-refractivity contribution < 1.29 is 9.90 Å². The van der Waals surface area contributed by atoms with Crippen LogP contribution in [0.25, 0.3) is 0 Å². The van der Waals surface area contributed by atoms with Gasteiger partial charge in [-0.1, -0.05) is 17.7 Å². The molecule has 0 saturated carbocycles. The van der Waals surface area contributed by atoms with Crippen molar-refractivity contribution in [2.75, 3.05) is 18.8 Å². The van der Waals surface area contributed by atoms with Gasteiger partial charge in [-0.2, -0.15) is 0 Å². The number of nitroso groups, excluding NO2 is 1. The molecule has 0 aromatic heterocycles. The van der Waals surface area contributed by atoms with E-state index < -0.39 is 5.97 Å². The zero-order valence-corrected chi connectivity index (χ0v) is 10.3. The van der Waals surface area contributed by atoms with Crippen molar-refractivity contribution >= 4 is 17.7 Å². The second-order valence-electron chi connectivity index (χ2n) is 3.53. The number of nitrogens with zero attached hydrogens (tertiary/aromatic N) is 2. The number of aryl methyl sites for hydroxylation is 1. The Labute approximate surface area is 104 Å². The van der Waals surface area contributed by atoms with Gasteiger partial charge in [0.15, 0.2) is 0 Å². The van der Waals surface area contributed by atoms with Crippen LogP contribution in [0.4, 0.5) is 0 Å². The number of carbonyl (C=O) groups is 1. The molecule has 1 aromatic carbocycles. The van der Waals surface area contributed by atoms with Gasteiger partial charge >= 0.3 is 5.97 Å². The lowest BCUT2D eigenvalue weighted by atomic mass is 10.2. The summed E-state index contributed by atoms with van der Waals surface area (Å²) >= 11 is 1.57. The molecular weight excluding hydrogens is 240 g/mol. The highest BCUT2D eigenvalue weighted by molar-refractivity contribution is 7.99. The molecule has 0 spiro atoms. The maximum Gasteiger partial charge on any atom is 0.324 e. The molecule has 0 atom stereocenters. The van der Waals surface area contributed by atoms with Gasteiger partial charge < -0.3 is 5.11 Å². The lowest BCUT2D eigenvalue weighted by Gasteiger charge is -2.11. The van der Waals surface area contributed by atoms with E-state index in [0.29, 0.717) is 12.3 Å². The standard InChI is InChI=1S/C11H14N2O3S/c1-9-2-4-10(5-3-9)17-7-6-13(12-16)8-11(14)15/h2-5H,6-8H2,1H3,(H,14,15). The SMILES string of the molecule is Cc1ccc(SCCN(CC(=O)O)N=O)cc1. The van der Waals surface area contributed by atoms with Gasteiger partial charge in [0, 0.05) is 17.2 Å². The lowest BCUT2D eigenvalue weighted by Crippen LogP contribution is -2.26. The normalized spacial score (nSPS) is 9.94. The molecular formula is C11H14N2O3S. The number of carboxylic acids is 1. The number of aliphatic carboxylic acids is 1.